The number of hydrogen-bond acceptors (Lipinski definition) is 0. The van der Waals surface area contributed by atoms with Crippen molar-refractivity contribution >= 4 is 3.21 Å². The van der Waals surface area contributed by atoms with Crippen molar-refractivity contribution < 1.29 is 49.0 Å². The van der Waals surface area contributed by atoms with Crippen LogP contribution in [0.1, 0.15) is 159 Å². The molecular weight excluding hydrogens is 787 g/mol. The van der Waals surface area contributed by atoms with Crippen molar-refractivity contribution in [1.82, 2.24) is 0 Å². The van der Waals surface area contributed by atoms with Gasteiger partial charge in [-0.1, -0.05) is 109 Å². The Kier molecular flexibility index (Phi) is 16.3. The van der Waals surface area contributed by atoms with Crippen LogP contribution in [0.4, 0.5) is 0 Å². The van der Waals surface area contributed by atoms with Crippen LogP contribution in [0.3, 0.4) is 0 Å². The van der Waals surface area contributed by atoms with E-state index in [1.807, 2.05) is 0 Å². The van der Waals surface area contributed by atoms with Gasteiger partial charge in [0.2, 0.25) is 0 Å². The molecule has 0 spiro atoms. The number of halogens is 2. The third kappa shape index (κ3) is 13.0. The van der Waals surface area contributed by atoms with Crippen LogP contribution in [0.2, 0.25) is 0 Å². The van der Waals surface area contributed by atoms with Gasteiger partial charge >= 0.3 is 151 Å². The maximum absolute atomic E-state index is 3.53. The minimum Gasteiger partial charge on any atom is -1.00 e. The maximum Gasteiger partial charge on any atom is -0.0635 e. The molecule has 0 heterocycles. The van der Waals surface area contributed by atoms with Crippen LogP contribution >= 0.6 is 0 Å². The minimum absolute atomic E-state index is 0. The molecule has 294 valence electrons. The Morgan fingerprint density at radius 3 is 1.27 bits per heavy atom. The molecule has 1 aliphatic rings. The van der Waals surface area contributed by atoms with E-state index in [-0.39, 0.29) is 46.5 Å². The molecule has 0 aromatic heterocycles. The van der Waals surface area contributed by atoms with Crippen LogP contribution in [0, 0.1) is 13.0 Å². The summed E-state index contributed by atoms with van der Waals surface area (Å²) in [7, 11) is 0. The molecule has 0 N–H and O–H groups in total. The van der Waals surface area contributed by atoms with Crippen LogP contribution in [0.5, 0.6) is 0 Å². The van der Waals surface area contributed by atoms with Gasteiger partial charge in [0.05, 0.1) is 0 Å². The molecule has 0 fully saturated rings. The summed E-state index contributed by atoms with van der Waals surface area (Å²) in [5.74, 6) is 0. The van der Waals surface area contributed by atoms with Crippen molar-refractivity contribution in [3.63, 3.8) is 0 Å². The summed E-state index contributed by atoms with van der Waals surface area (Å²) in [4.78, 5) is 0. The van der Waals surface area contributed by atoms with Crippen LogP contribution in [0.15, 0.2) is 97.1 Å². The number of aryl methyl sites for hydroxylation is 1. The third-order valence-corrected chi connectivity index (χ3v) is 11.8. The number of hydrogen-bond donors (Lipinski definition) is 0. The van der Waals surface area contributed by atoms with Gasteiger partial charge in [-0.3, -0.25) is 0 Å². The minimum atomic E-state index is 0. The van der Waals surface area contributed by atoms with E-state index >= 15 is 0 Å². The average molecular weight is 853 g/mol. The molecule has 1 aliphatic carbocycles. The van der Waals surface area contributed by atoms with Crippen molar-refractivity contribution in [3.05, 3.63) is 159 Å². The molecule has 0 atom stereocenters. The zero-order chi connectivity index (χ0) is 39.7. The SMILES string of the molecule is CC(C)(C)c1c[c-]c2c(c1)-c1cc(C(C)(C)C)ccc1C2.CC(C)(C)c1ccc([C](=[Zr+2])c2ccc(C(C)(C)C)cc2)cc1.Cc1cc(C(C)(C)C)c[cH-]1.[Cl-].[Cl-]. The summed E-state index contributed by atoms with van der Waals surface area (Å²) in [5.41, 5.74) is 17.8. The van der Waals surface area contributed by atoms with Gasteiger partial charge in [-0.05, 0) is 17.4 Å². The Bertz CT molecular complexity index is 1880. The van der Waals surface area contributed by atoms with Crippen molar-refractivity contribution in [2.24, 2.45) is 0 Å². The average Bonchev–Trinajstić information content (AvgIpc) is 3.66. The second-order valence-electron chi connectivity index (χ2n) is 20.3. The fourth-order valence-electron chi connectivity index (χ4n) is 6.45. The smallest absolute Gasteiger partial charge is 0.0635 e. The molecule has 0 radical (unpaired) electrons. The number of rotatable bonds is 2. The topological polar surface area (TPSA) is 0 Å². The predicted molar refractivity (Wildman–Crippen MR) is 230 cm³/mol. The van der Waals surface area contributed by atoms with E-state index in [2.05, 4.69) is 214 Å². The van der Waals surface area contributed by atoms with Crippen molar-refractivity contribution in [2.75, 3.05) is 0 Å². The third-order valence-electron chi connectivity index (χ3n) is 10.4. The maximum atomic E-state index is 3.53. The number of benzene rings is 4. The summed E-state index contributed by atoms with van der Waals surface area (Å²) in [6.45, 7) is 36.0. The summed E-state index contributed by atoms with van der Waals surface area (Å²) >= 11 is 1.46. The summed E-state index contributed by atoms with van der Waals surface area (Å²) < 4.78 is 1.42. The van der Waals surface area contributed by atoms with E-state index in [1.165, 1.54) is 94.2 Å². The van der Waals surface area contributed by atoms with E-state index in [9.17, 15) is 0 Å². The first-order valence-electron chi connectivity index (χ1n) is 19.5. The van der Waals surface area contributed by atoms with Crippen molar-refractivity contribution in [3.8, 4) is 11.1 Å². The van der Waals surface area contributed by atoms with E-state index < -0.39 is 0 Å². The van der Waals surface area contributed by atoms with Crippen LogP contribution in [0.25, 0.3) is 11.1 Å². The van der Waals surface area contributed by atoms with E-state index in [4.69, 9.17) is 0 Å². The van der Waals surface area contributed by atoms with Gasteiger partial charge in [-0.15, -0.1) is 5.56 Å². The zero-order valence-corrected chi connectivity index (χ0v) is 40.7. The fraction of sp³-hybridized carbons (Fsp3) is 0.423. The first kappa shape index (κ1) is 48.7. The Labute approximate surface area is 363 Å². The first-order chi connectivity index (χ1) is 24.2. The molecule has 5 aromatic carbocycles. The Hall–Kier alpha value is -2.44. The van der Waals surface area contributed by atoms with Gasteiger partial charge in [-0.2, -0.15) is 52.6 Å². The van der Waals surface area contributed by atoms with Crippen LogP contribution < -0.4 is 24.8 Å². The predicted octanol–water partition coefficient (Wildman–Crippen LogP) is 8.07. The van der Waals surface area contributed by atoms with Crippen LogP contribution in [-0.4, -0.2) is 3.21 Å². The van der Waals surface area contributed by atoms with Gasteiger partial charge < -0.3 is 24.8 Å². The van der Waals surface area contributed by atoms with Gasteiger partial charge in [0.15, 0.2) is 0 Å². The van der Waals surface area contributed by atoms with Gasteiger partial charge in [0.1, 0.15) is 0 Å². The largest absolute Gasteiger partial charge is 1.00 e. The van der Waals surface area contributed by atoms with E-state index in [0.717, 1.165) is 6.42 Å². The van der Waals surface area contributed by atoms with Gasteiger partial charge in [-0.25, -0.2) is 6.07 Å². The van der Waals surface area contributed by atoms with Crippen molar-refractivity contribution in [2.45, 2.75) is 144 Å². The Balaban J connectivity index is 0.000000298. The molecule has 55 heavy (non-hydrogen) atoms. The molecular formula is C52H66Cl2Zr-2. The van der Waals surface area contributed by atoms with Gasteiger partial charge in [0.25, 0.3) is 0 Å². The summed E-state index contributed by atoms with van der Waals surface area (Å²) in [6, 6.07) is 39.8. The van der Waals surface area contributed by atoms with Crippen LogP contribution in [-0.2, 0) is 57.7 Å². The summed E-state index contributed by atoms with van der Waals surface area (Å²) in [6.07, 6.45) is 1.03. The Morgan fingerprint density at radius 2 is 0.909 bits per heavy atom. The molecule has 0 nitrogen and oxygen atoms in total. The molecule has 0 unspecified atom stereocenters. The molecule has 0 saturated heterocycles. The summed E-state index contributed by atoms with van der Waals surface area (Å²) in [5, 5.41) is 0. The normalized spacial score (nSPS) is 12.5. The monoisotopic (exact) mass is 850 g/mol. The molecule has 6 rings (SSSR count). The van der Waals surface area contributed by atoms with E-state index in [0.29, 0.717) is 5.41 Å². The molecule has 0 aliphatic heterocycles. The standard InChI is InChI=1S/C21H25.C21H26.C10H15.2ClH.Zr/c1-20(2,3)16-9-7-14-11-15-8-10-17(21(4,5)6)13-19(15)18(14)12-16;1-20(2,3)18-11-7-16(8-12-18)15-17-9-13-19(14-10-17)21(4,5)6;1-8-5-6-9(7-8)10(2,3)4;;;/h7,9-10,12-13H,11H2,1-6H3;7-14H,1-6H3;5-7H,1-4H3;2*1H;/q-1;;-1;;;+2/p-2. The quantitative estimate of drug-likeness (QED) is 0.155. The van der Waals surface area contributed by atoms with Gasteiger partial charge in [0, 0.05) is 0 Å². The molecule has 3 heteroatoms. The number of fused-ring (bicyclic) bond motifs is 3. The van der Waals surface area contributed by atoms with E-state index in [1.54, 1.807) is 0 Å². The van der Waals surface area contributed by atoms with Crippen molar-refractivity contribution in [1.29, 1.82) is 0 Å². The Morgan fingerprint density at radius 1 is 0.509 bits per heavy atom. The second kappa shape index (κ2) is 18.4. The zero-order valence-electron chi connectivity index (χ0n) is 36.7. The molecule has 5 aromatic rings. The second-order valence-corrected chi connectivity index (χ2v) is 21.5. The molecule has 0 amide bonds. The molecule has 0 saturated carbocycles. The first-order valence-corrected chi connectivity index (χ1v) is 20.7. The molecule has 0 bridgehead atoms. The fourth-order valence-corrected chi connectivity index (χ4v) is 7.27.